The average molecular weight is 283 g/mol. The number of benzene rings is 1. The SMILES string of the molecule is C=C(Cl)CNC(=O)N[C@@H](Cc1ccccc1)C(=O)O. The van der Waals surface area contributed by atoms with Crippen molar-refractivity contribution in [1.29, 1.82) is 0 Å². The first-order valence-corrected chi connectivity index (χ1v) is 6.01. The number of carbonyl (C=O) groups excluding carboxylic acids is 1. The summed E-state index contributed by atoms with van der Waals surface area (Å²) >= 11 is 5.50. The van der Waals surface area contributed by atoms with Gasteiger partial charge in [-0.25, -0.2) is 9.59 Å². The molecule has 0 heterocycles. The van der Waals surface area contributed by atoms with Crippen molar-refractivity contribution < 1.29 is 14.7 Å². The van der Waals surface area contributed by atoms with Crippen LogP contribution in [0.25, 0.3) is 0 Å². The molecular weight excluding hydrogens is 268 g/mol. The lowest BCUT2D eigenvalue weighted by molar-refractivity contribution is -0.139. The van der Waals surface area contributed by atoms with Crippen molar-refractivity contribution in [2.24, 2.45) is 0 Å². The van der Waals surface area contributed by atoms with E-state index in [-0.39, 0.29) is 18.0 Å². The summed E-state index contributed by atoms with van der Waals surface area (Å²) in [6.45, 7) is 3.50. The topological polar surface area (TPSA) is 78.4 Å². The number of rotatable bonds is 6. The van der Waals surface area contributed by atoms with Crippen molar-refractivity contribution in [3.05, 3.63) is 47.5 Å². The number of amides is 2. The number of urea groups is 1. The van der Waals surface area contributed by atoms with Crippen LogP contribution in [0.4, 0.5) is 4.79 Å². The van der Waals surface area contributed by atoms with Gasteiger partial charge in [-0.1, -0.05) is 48.5 Å². The minimum absolute atomic E-state index is 0.0884. The Hall–Kier alpha value is -2.01. The predicted molar refractivity (Wildman–Crippen MR) is 73.1 cm³/mol. The first-order valence-electron chi connectivity index (χ1n) is 5.63. The van der Waals surface area contributed by atoms with Gasteiger partial charge in [0.2, 0.25) is 0 Å². The summed E-state index contributed by atoms with van der Waals surface area (Å²) in [5, 5.41) is 14.1. The fraction of sp³-hybridized carbons (Fsp3) is 0.231. The summed E-state index contributed by atoms with van der Waals surface area (Å²) in [7, 11) is 0. The van der Waals surface area contributed by atoms with Gasteiger partial charge in [0.15, 0.2) is 0 Å². The van der Waals surface area contributed by atoms with Gasteiger partial charge in [-0.15, -0.1) is 0 Å². The number of carboxylic acid groups (broad SMARTS) is 1. The molecule has 19 heavy (non-hydrogen) atoms. The monoisotopic (exact) mass is 282 g/mol. The Morgan fingerprint density at radius 2 is 1.95 bits per heavy atom. The van der Waals surface area contributed by atoms with Crippen LogP contribution in [0, 0.1) is 0 Å². The lowest BCUT2D eigenvalue weighted by Gasteiger charge is -2.15. The van der Waals surface area contributed by atoms with Crippen molar-refractivity contribution >= 4 is 23.6 Å². The molecule has 0 aromatic heterocycles. The Morgan fingerprint density at radius 1 is 1.32 bits per heavy atom. The number of halogens is 1. The highest BCUT2D eigenvalue weighted by molar-refractivity contribution is 6.29. The van der Waals surface area contributed by atoms with Crippen molar-refractivity contribution in [1.82, 2.24) is 10.6 Å². The smallest absolute Gasteiger partial charge is 0.326 e. The van der Waals surface area contributed by atoms with E-state index in [1.807, 2.05) is 18.2 Å². The number of carboxylic acids is 1. The number of hydrogen-bond acceptors (Lipinski definition) is 2. The molecule has 0 saturated heterocycles. The summed E-state index contributed by atoms with van der Waals surface area (Å²) in [5.41, 5.74) is 0.831. The molecule has 0 radical (unpaired) electrons. The summed E-state index contributed by atoms with van der Waals surface area (Å²) in [6, 6.07) is 7.48. The van der Waals surface area contributed by atoms with Gasteiger partial charge in [0.25, 0.3) is 0 Å². The second-order valence-corrected chi connectivity index (χ2v) is 4.46. The number of nitrogens with one attached hydrogen (secondary N) is 2. The van der Waals surface area contributed by atoms with Crippen molar-refractivity contribution in [2.45, 2.75) is 12.5 Å². The van der Waals surface area contributed by atoms with Crippen LogP contribution in [0.15, 0.2) is 41.9 Å². The van der Waals surface area contributed by atoms with Gasteiger partial charge < -0.3 is 15.7 Å². The van der Waals surface area contributed by atoms with E-state index in [0.29, 0.717) is 0 Å². The summed E-state index contributed by atoms with van der Waals surface area (Å²) in [4.78, 5) is 22.6. The second-order valence-electron chi connectivity index (χ2n) is 3.92. The van der Waals surface area contributed by atoms with Crippen LogP contribution in [0.5, 0.6) is 0 Å². The van der Waals surface area contributed by atoms with Gasteiger partial charge >= 0.3 is 12.0 Å². The quantitative estimate of drug-likeness (QED) is 0.743. The summed E-state index contributed by atoms with van der Waals surface area (Å²) in [5.74, 6) is -1.09. The van der Waals surface area contributed by atoms with E-state index in [1.54, 1.807) is 12.1 Å². The predicted octanol–water partition coefficient (Wildman–Crippen LogP) is 1.73. The molecule has 1 atom stereocenters. The zero-order chi connectivity index (χ0) is 14.3. The third kappa shape index (κ3) is 5.92. The Labute approximate surface area is 116 Å². The van der Waals surface area contributed by atoms with Gasteiger partial charge in [0.1, 0.15) is 6.04 Å². The van der Waals surface area contributed by atoms with Crippen molar-refractivity contribution in [2.75, 3.05) is 6.54 Å². The minimum atomic E-state index is -1.09. The maximum atomic E-state index is 11.5. The van der Waals surface area contributed by atoms with E-state index in [1.165, 1.54) is 0 Å². The molecule has 3 N–H and O–H groups in total. The zero-order valence-corrected chi connectivity index (χ0v) is 11.0. The van der Waals surface area contributed by atoms with Crippen LogP contribution in [0.2, 0.25) is 0 Å². The minimum Gasteiger partial charge on any atom is -0.480 e. The molecule has 0 aliphatic carbocycles. The second kappa shape index (κ2) is 7.43. The average Bonchev–Trinajstić information content (AvgIpc) is 2.36. The molecule has 0 spiro atoms. The Kier molecular flexibility index (Phi) is 5.89. The van der Waals surface area contributed by atoms with Gasteiger partial charge in [-0.2, -0.15) is 0 Å². The standard InChI is InChI=1S/C13H15ClN2O3/c1-9(14)8-15-13(19)16-11(12(17)18)7-10-5-3-2-4-6-10/h2-6,11H,1,7-8H2,(H,17,18)(H2,15,16,19)/t11-/m0/s1. The van der Waals surface area contributed by atoms with Crippen molar-refractivity contribution in [3.8, 4) is 0 Å². The third-order valence-corrected chi connectivity index (χ3v) is 2.46. The lowest BCUT2D eigenvalue weighted by atomic mass is 10.1. The lowest BCUT2D eigenvalue weighted by Crippen LogP contribution is -2.47. The van der Waals surface area contributed by atoms with Gasteiger partial charge in [0.05, 0.1) is 6.54 Å². The fourth-order valence-corrected chi connectivity index (χ4v) is 1.50. The number of carbonyl (C=O) groups is 2. The Balaban J connectivity index is 2.56. The molecule has 1 aromatic rings. The zero-order valence-electron chi connectivity index (χ0n) is 10.2. The number of aliphatic carboxylic acids is 1. The fourth-order valence-electron chi connectivity index (χ4n) is 1.44. The van der Waals surface area contributed by atoms with Gasteiger partial charge in [0, 0.05) is 11.5 Å². The summed E-state index contributed by atoms with van der Waals surface area (Å²) < 4.78 is 0. The van der Waals surface area contributed by atoms with E-state index in [0.717, 1.165) is 5.56 Å². The molecule has 0 bridgehead atoms. The van der Waals surface area contributed by atoms with Crippen LogP contribution in [0.1, 0.15) is 5.56 Å². The molecule has 1 aromatic carbocycles. The van der Waals surface area contributed by atoms with Crippen LogP contribution < -0.4 is 10.6 Å². The largest absolute Gasteiger partial charge is 0.480 e. The van der Waals surface area contributed by atoms with E-state index in [9.17, 15) is 9.59 Å². The van der Waals surface area contributed by atoms with E-state index in [4.69, 9.17) is 16.7 Å². The summed E-state index contributed by atoms with van der Waals surface area (Å²) in [6.07, 6.45) is 0.214. The molecule has 2 amide bonds. The van der Waals surface area contributed by atoms with Crippen LogP contribution in [0.3, 0.4) is 0 Å². The maximum Gasteiger partial charge on any atom is 0.326 e. The Morgan fingerprint density at radius 3 is 2.47 bits per heavy atom. The van der Waals surface area contributed by atoms with Gasteiger partial charge in [-0.3, -0.25) is 0 Å². The third-order valence-electron chi connectivity index (χ3n) is 2.33. The molecule has 0 fully saturated rings. The molecule has 5 nitrogen and oxygen atoms in total. The Bertz CT molecular complexity index is 462. The molecule has 6 heteroatoms. The van der Waals surface area contributed by atoms with Crippen molar-refractivity contribution in [3.63, 3.8) is 0 Å². The number of hydrogen-bond donors (Lipinski definition) is 3. The highest BCUT2D eigenvalue weighted by atomic mass is 35.5. The molecule has 1 rings (SSSR count). The van der Waals surface area contributed by atoms with E-state index >= 15 is 0 Å². The van der Waals surface area contributed by atoms with Crippen LogP contribution >= 0.6 is 11.6 Å². The first kappa shape index (κ1) is 15.0. The molecule has 0 aliphatic rings. The van der Waals surface area contributed by atoms with E-state index < -0.39 is 18.0 Å². The van der Waals surface area contributed by atoms with Gasteiger partial charge in [-0.05, 0) is 5.56 Å². The maximum absolute atomic E-state index is 11.5. The molecule has 0 unspecified atom stereocenters. The first-order chi connectivity index (χ1) is 8.99. The highest BCUT2D eigenvalue weighted by Crippen LogP contribution is 2.03. The highest BCUT2D eigenvalue weighted by Gasteiger charge is 2.20. The molecule has 102 valence electrons. The molecule has 0 saturated carbocycles. The molecular formula is C13H15ClN2O3. The normalized spacial score (nSPS) is 11.4. The van der Waals surface area contributed by atoms with Crippen LogP contribution in [-0.4, -0.2) is 29.7 Å². The van der Waals surface area contributed by atoms with E-state index in [2.05, 4.69) is 17.2 Å². The molecule has 0 aliphatic heterocycles. The van der Waals surface area contributed by atoms with Crippen LogP contribution in [-0.2, 0) is 11.2 Å².